The van der Waals surface area contributed by atoms with Crippen molar-refractivity contribution in [2.24, 2.45) is 0 Å². The minimum atomic E-state index is 0.337. The van der Waals surface area contributed by atoms with Crippen molar-refractivity contribution in [2.75, 3.05) is 5.32 Å². The summed E-state index contributed by atoms with van der Waals surface area (Å²) in [5.74, 6) is 1.33. The van der Waals surface area contributed by atoms with Crippen molar-refractivity contribution in [2.45, 2.75) is 12.3 Å². The normalized spacial score (nSPS) is 15.8. The van der Waals surface area contributed by atoms with Crippen molar-refractivity contribution in [3.05, 3.63) is 102 Å². The molecule has 1 atom stereocenters. The highest BCUT2D eigenvalue weighted by atomic mass is 16.3. The van der Waals surface area contributed by atoms with Crippen LogP contribution >= 0.6 is 0 Å². The summed E-state index contributed by atoms with van der Waals surface area (Å²) in [6.45, 7) is 0. The molecule has 5 rings (SSSR count). The monoisotopic (exact) mass is 337 g/mol. The quantitative estimate of drug-likeness (QED) is 0.448. The van der Waals surface area contributed by atoms with E-state index < -0.39 is 0 Å². The Morgan fingerprint density at radius 2 is 1.50 bits per heavy atom. The number of hydrogen-bond donors (Lipinski definition) is 1. The zero-order valence-electron chi connectivity index (χ0n) is 14.4. The molecule has 0 amide bonds. The zero-order chi connectivity index (χ0) is 17.3. The Morgan fingerprint density at radius 1 is 0.769 bits per heavy atom. The number of para-hydroxylation sites is 2. The molecule has 26 heavy (non-hydrogen) atoms. The number of benzene rings is 3. The minimum Gasteiger partial charge on any atom is -0.456 e. The van der Waals surface area contributed by atoms with E-state index in [0.29, 0.717) is 5.92 Å². The molecule has 1 heterocycles. The molecule has 2 nitrogen and oxygen atoms in total. The zero-order valence-corrected chi connectivity index (χ0v) is 14.4. The summed E-state index contributed by atoms with van der Waals surface area (Å²) in [5, 5.41) is 4.67. The van der Waals surface area contributed by atoms with Crippen LogP contribution in [0.1, 0.15) is 29.2 Å². The Morgan fingerprint density at radius 3 is 2.35 bits per heavy atom. The molecule has 1 unspecified atom stereocenters. The van der Waals surface area contributed by atoms with Gasteiger partial charge in [-0.25, -0.2) is 0 Å². The highest BCUT2D eigenvalue weighted by molar-refractivity contribution is 5.86. The van der Waals surface area contributed by atoms with E-state index in [1.165, 1.54) is 16.5 Å². The van der Waals surface area contributed by atoms with Crippen molar-refractivity contribution in [1.29, 1.82) is 0 Å². The van der Waals surface area contributed by atoms with Crippen molar-refractivity contribution >= 4 is 28.4 Å². The second-order valence-corrected chi connectivity index (χ2v) is 6.68. The molecule has 1 aliphatic rings. The SMILES string of the molecule is C1=Cc2oc3ccccc3c2C(c2ccc(Nc3ccccc3)cc2)C1. The van der Waals surface area contributed by atoms with Crippen molar-refractivity contribution < 1.29 is 4.42 Å². The molecule has 0 radical (unpaired) electrons. The Hall–Kier alpha value is -3.26. The molecule has 0 aliphatic heterocycles. The summed E-state index contributed by atoms with van der Waals surface area (Å²) in [7, 11) is 0. The lowest BCUT2D eigenvalue weighted by molar-refractivity contribution is 0.589. The second kappa shape index (κ2) is 6.23. The number of allylic oxidation sites excluding steroid dienone is 1. The first-order valence-electron chi connectivity index (χ1n) is 8.98. The summed E-state index contributed by atoms with van der Waals surface area (Å²) in [6.07, 6.45) is 5.32. The number of fused-ring (bicyclic) bond motifs is 3. The van der Waals surface area contributed by atoms with Crippen LogP contribution in [0.3, 0.4) is 0 Å². The standard InChI is InChI=1S/C24H19NO/c1-2-7-18(8-3-1)25-19-15-13-17(14-16-19)20-10-6-12-23-24(20)21-9-4-5-11-22(21)26-23/h1-9,11-16,20,25H,10H2. The second-order valence-electron chi connectivity index (χ2n) is 6.68. The van der Waals surface area contributed by atoms with Gasteiger partial charge in [0.05, 0.1) is 0 Å². The van der Waals surface area contributed by atoms with Gasteiger partial charge in [-0.15, -0.1) is 0 Å². The molecule has 0 spiro atoms. The number of hydrogen-bond acceptors (Lipinski definition) is 2. The smallest absolute Gasteiger partial charge is 0.135 e. The van der Waals surface area contributed by atoms with Crippen LogP contribution in [0.5, 0.6) is 0 Å². The van der Waals surface area contributed by atoms with Gasteiger partial charge in [-0.05, 0) is 48.4 Å². The summed E-state index contributed by atoms with van der Waals surface area (Å²) >= 11 is 0. The van der Waals surface area contributed by atoms with E-state index in [4.69, 9.17) is 4.42 Å². The molecular weight excluding hydrogens is 318 g/mol. The Kier molecular flexibility index (Phi) is 3.60. The fourth-order valence-electron chi connectivity index (χ4n) is 3.79. The maximum absolute atomic E-state index is 6.05. The van der Waals surface area contributed by atoms with E-state index in [0.717, 1.165) is 29.1 Å². The average Bonchev–Trinajstić information content (AvgIpc) is 3.08. The van der Waals surface area contributed by atoms with Gasteiger partial charge in [-0.1, -0.05) is 54.6 Å². The third-order valence-electron chi connectivity index (χ3n) is 5.03. The molecule has 1 N–H and O–H groups in total. The van der Waals surface area contributed by atoms with E-state index in [1.807, 2.05) is 30.3 Å². The van der Waals surface area contributed by atoms with Crippen LogP contribution in [-0.4, -0.2) is 0 Å². The van der Waals surface area contributed by atoms with E-state index in [-0.39, 0.29) is 0 Å². The van der Waals surface area contributed by atoms with Gasteiger partial charge >= 0.3 is 0 Å². The number of nitrogens with one attached hydrogen (secondary N) is 1. The van der Waals surface area contributed by atoms with Crippen molar-refractivity contribution in [3.8, 4) is 0 Å². The first kappa shape index (κ1) is 15.0. The summed E-state index contributed by atoms with van der Waals surface area (Å²) in [6, 6.07) is 27.3. The van der Waals surface area contributed by atoms with Crippen LogP contribution in [0.25, 0.3) is 17.0 Å². The van der Waals surface area contributed by atoms with Crippen LogP contribution in [0.15, 0.2) is 89.4 Å². The van der Waals surface area contributed by atoms with Crippen LogP contribution in [0.2, 0.25) is 0 Å². The number of furan rings is 1. The first-order chi connectivity index (χ1) is 12.9. The predicted octanol–water partition coefficient (Wildman–Crippen LogP) is 6.73. The van der Waals surface area contributed by atoms with Crippen molar-refractivity contribution in [1.82, 2.24) is 0 Å². The molecule has 2 heteroatoms. The van der Waals surface area contributed by atoms with Crippen LogP contribution < -0.4 is 5.32 Å². The molecule has 0 bridgehead atoms. The lowest BCUT2D eigenvalue weighted by Gasteiger charge is -2.19. The highest BCUT2D eigenvalue weighted by Gasteiger charge is 2.24. The van der Waals surface area contributed by atoms with Gasteiger partial charge < -0.3 is 9.73 Å². The molecule has 3 aromatic carbocycles. The molecular formula is C24H19NO. The van der Waals surface area contributed by atoms with Crippen molar-refractivity contribution in [3.63, 3.8) is 0 Å². The Balaban J connectivity index is 1.49. The van der Waals surface area contributed by atoms with Gasteiger partial charge in [-0.3, -0.25) is 0 Å². The Bertz CT molecular complexity index is 1070. The summed E-state index contributed by atoms with van der Waals surface area (Å²) in [5.41, 5.74) is 5.80. The van der Waals surface area contributed by atoms with Gasteiger partial charge in [0.15, 0.2) is 0 Å². The van der Waals surface area contributed by atoms with Crippen LogP contribution in [0.4, 0.5) is 11.4 Å². The average molecular weight is 337 g/mol. The largest absolute Gasteiger partial charge is 0.456 e. The molecule has 1 aliphatic carbocycles. The molecule has 0 fully saturated rings. The van der Waals surface area contributed by atoms with E-state index in [2.05, 4.69) is 66.0 Å². The lowest BCUT2D eigenvalue weighted by Crippen LogP contribution is -2.04. The van der Waals surface area contributed by atoms with Crippen LogP contribution in [0, 0.1) is 0 Å². The highest BCUT2D eigenvalue weighted by Crippen LogP contribution is 2.41. The molecule has 126 valence electrons. The number of anilines is 2. The maximum Gasteiger partial charge on any atom is 0.135 e. The van der Waals surface area contributed by atoms with Crippen LogP contribution in [-0.2, 0) is 0 Å². The van der Waals surface area contributed by atoms with Gasteiger partial charge in [-0.2, -0.15) is 0 Å². The third-order valence-corrected chi connectivity index (χ3v) is 5.03. The molecule has 0 saturated heterocycles. The summed E-state index contributed by atoms with van der Waals surface area (Å²) in [4.78, 5) is 0. The first-order valence-corrected chi connectivity index (χ1v) is 8.98. The molecule has 4 aromatic rings. The topological polar surface area (TPSA) is 25.2 Å². The fourth-order valence-corrected chi connectivity index (χ4v) is 3.79. The Labute approximate surface area is 152 Å². The minimum absolute atomic E-state index is 0.337. The van der Waals surface area contributed by atoms with Gasteiger partial charge in [0, 0.05) is 28.2 Å². The van der Waals surface area contributed by atoms with Gasteiger partial charge in [0.2, 0.25) is 0 Å². The summed E-state index contributed by atoms with van der Waals surface area (Å²) < 4.78 is 6.05. The maximum atomic E-state index is 6.05. The third kappa shape index (κ3) is 2.60. The molecule has 0 saturated carbocycles. The van der Waals surface area contributed by atoms with Gasteiger partial charge in [0.25, 0.3) is 0 Å². The lowest BCUT2D eigenvalue weighted by atomic mass is 9.84. The predicted molar refractivity (Wildman–Crippen MR) is 108 cm³/mol. The fraction of sp³-hybridized carbons (Fsp3) is 0.0833. The molecule has 1 aromatic heterocycles. The van der Waals surface area contributed by atoms with E-state index in [9.17, 15) is 0 Å². The van der Waals surface area contributed by atoms with Gasteiger partial charge in [0.1, 0.15) is 11.3 Å². The van der Waals surface area contributed by atoms with E-state index in [1.54, 1.807) is 0 Å². The van der Waals surface area contributed by atoms with E-state index >= 15 is 0 Å². The number of rotatable bonds is 3.